The van der Waals surface area contributed by atoms with Crippen LogP contribution in [0.15, 0.2) is 36.4 Å². The molecule has 0 saturated carbocycles. The Morgan fingerprint density at radius 2 is 1.97 bits per heavy atom. The molecule has 8 heteroatoms. The number of carbonyl (C=O) groups excluding carboxylic acids is 2. The zero-order chi connectivity index (χ0) is 22.5. The minimum atomic E-state index is -0.469. The molecule has 0 unspecified atom stereocenters. The second kappa shape index (κ2) is 7.62. The van der Waals surface area contributed by atoms with Crippen LogP contribution in [0.4, 0.5) is 0 Å². The number of carbonyl (C=O) groups is 2. The summed E-state index contributed by atoms with van der Waals surface area (Å²) in [6.45, 7) is 4.48. The van der Waals surface area contributed by atoms with Gasteiger partial charge in [-0.25, -0.2) is 9.50 Å². The number of methoxy groups -OCH3 is 1. The fourth-order valence-electron chi connectivity index (χ4n) is 5.30. The van der Waals surface area contributed by atoms with Gasteiger partial charge < -0.3 is 15.0 Å². The summed E-state index contributed by atoms with van der Waals surface area (Å²) < 4.78 is 7.03. The Morgan fingerprint density at radius 1 is 1.19 bits per heavy atom. The average Bonchev–Trinajstić information content (AvgIpc) is 3.37. The fraction of sp³-hybridized carbons (Fsp3) is 0.417. The molecule has 0 radical (unpaired) electrons. The van der Waals surface area contributed by atoms with Crippen molar-refractivity contribution >= 4 is 17.5 Å². The van der Waals surface area contributed by atoms with E-state index >= 15 is 0 Å². The standard InChI is InChI=1S/C24H27N5O3/c1-15-13-16(2)29-20(25-15)14-19(27-29)23(31)28-12-4-10-24(11-9-21(30)26-24)22(28)17-5-7-18(32-3)8-6-17/h5-8,13-14,22H,4,9-12H2,1-3H3,(H,26,30)/t22-,24+/m1/s1. The molecule has 3 aromatic rings. The molecule has 1 aromatic carbocycles. The van der Waals surface area contributed by atoms with Crippen LogP contribution in [0.1, 0.15) is 59.2 Å². The van der Waals surface area contributed by atoms with Gasteiger partial charge in [0.15, 0.2) is 11.3 Å². The highest BCUT2D eigenvalue weighted by Crippen LogP contribution is 2.45. The molecular weight excluding hydrogens is 406 g/mol. The maximum absolute atomic E-state index is 13.8. The van der Waals surface area contributed by atoms with Crippen molar-refractivity contribution in [1.82, 2.24) is 24.8 Å². The molecule has 4 heterocycles. The van der Waals surface area contributed by atoms with Crippen LogP contribution in [0.3, 0.4) is 0 Å². The van der Waals surface area contributed by atoms with Gasteiger partial charge in [-0.1, -0.05) is 12.1 Å². The van der Waals surface area contributed by atoms with E-state index in [0.717, 1.165) is 35.5 Å². The van der Waals surface area contributed by atoms with Gasteiger partial charge in [-0.3, -0.25) is 9.59 Å². The van der Waals surface area contributed by atoms with Crippen LogP contribution in [0.25, 0.3) is 5.65 Å². The summed E-state index contributed by atoms with van der Waals surface area (Å²) in [5, 5.41) is 7.79. The first-order valence-electron chi connectivity index (χ1n) is 11.0. The number of benzene rings is 1. The summed E-state index contributed by atoms with van der Waals surface area (Å²) in [4.78, 5) is 32.4. The Balaban J connectivity index is 1.58. The van der Waals surface area contributed by atoms with Crippen molar-refractivity contribution in [1.29, 1.82) is 0 Å². The number of piperidine rings is 1. The lowest BCUT2D eigenvalue weighted by Gasteiger charge is -2.48. The van der Waals surface area contributed by atoms with Crippen molar-refractivity contribution in [2.45, 2.75) is 51.1 Å². The van der Waals surface area contributed by atoms with Crippen LogP contribution in [0.5, 0.6) is 5.75 Å². The molecule has 166 valence electrons. The highest BCUT2D eigenvalue weighted by atomic mass is 16.5. The number of aryl methyl sites for hydroxylation is 2. The number of nitrogens with one attached hydrogen (secondary N) is 1. The zero-order valence-electron chi connectivity index (χ0n) is 18.6. The van der Waals surface area contributed by atoms with Gasteiger partial charge in [0.2, 0.25) is 5.91 Å². The molecule has 1 N–H and O–H groups in total. The number of likely N-dealkylation sites (tertiary alicyclic amines) is 1. The molecule has 2 atom stereocenters. The summed E-state index contributed by atoms with van der Waals surface area (Å²) >= 11 is 0. The van der Waals surface area contributed by atoms with Crippen molar-refractivity contribution in [3.63, 3.8) is 0 Å². The van der Waals surface area contributed by atoms with Crippen LogP contribution in [0, 0.1) is 13.8 Å². The van der Waals surface area contributed by atoms with E-state index in [1.165, 1.54) is 0 Å². The lowest BCUT2D eigenvalue weighted by molar-refractivity contribution is -0.120. The molecule has 2 amide bonds. The maximum Gasteiger partial charge on any atom is 0.275 e. The van der Waals surface area contributed by atoms with E-state index in [9.17, 15) is 9.59 Å². The molecule has 0 bridgehead atoms. The molecule has 2 aliphatic heterocycles. The third-order valence-electron chi connectivity index (χ3n) is 6.69. The van der Waals surface area contributed by atoms with Gasteiger partial charge in [0.1, 0.15) is 5.75 Å². The molecule has 2 aromatic heterocycles. The topological polar surface area (TPSA) is 88.8 Å². The van der Waals surface area contributed by atoms with Crippen LogP contribution in [-0.2, 0) is 4.79 Å². The Bertz CT molecular complexity index is 1200. The van der Waals surface area contributed by atoms with Gasteiger partial charge in [-0.05, 0) is 56.9 Å². The molecule has 32 heavy (non-hydrogen) atoms. The molecule has 8 nitrogen and oxygen atoms in total. The number of ether oxygens (including phenoxy) is 1. The van der Waals surface area contributed by atoms with Gasteiger partial charge in [-0.15, -0.1) is 0 Å². The van der Waals surface area contributed by atoms with Gasteiger partial charge in [-0.2, -0.15) is 5.10 Å². The molecule has 2 saturated heterocycles. The van der Waals surface area contributed by atoms with Crippen LogP contribution in [0.2, 0.25) is 0 Å². The SMILES string of the molecule is COc1ccc([C@H]2N(C(=O)c3cc4nc(C)cc(C)n4n3)CCC[C@]23CCC(=O)N3)cc1. The van der Waals surface area contributed by atoms with E-state index in [1.54, 1.807) is 17.7 Å². The molecule has 2 aliphatic rings. The summed E-state index contributed by atoms with van der Waals surface area (Å²) in [6, 6.07) is 11.2. The Morgan fingerprint density at radius 3 is 2.66 bits per heavy atom. The lowest BCUT2D eigenvalue weighted by atomic mass is 9.76. The van der Waals surface area contributed by atoms with Gasteiger partial charge >= 0.3 is 0 Å². The van der Waals surface area contributed by atoms with Crippen molar-refractivity contribution in [3.8, 4) is 5.75 Å². The average molecular weight is 434 g/mol. The van der Waals surface area contributed by atoms with Gasteiger partial charge in [0.25, 0.3) is 5.91 Å². The highest BCUT2D eigenvalue weighted by molar-refractivity contribution is 5.94. The van der Waals surface area contributed by atoms with Crippen molar-refractivity contribution < 1.29 is 14.3 Å². The summed E-state index contributed by atoms with van der Waals surface area (Å²) in [7, 11) is 1.63. The lowest BCUT2D eigenvalue weighted by Crippen LogP contribution is -2.58. The predicted octanol–water partition coefficient (Wildman–Crippen LogP) is 2.98. The third kappa shape index (κ3) is 3.30. The fourth-order valence-corrected chi connectivity index (χ4v) is 5.30. The number of rotatable bonds is 3. The van der Waals surface area contributed by atoms with Gasteiger partial charge in [0, 0.05) is 30.4 Å². The molecule has 5 rings (SSSR count). The third-order valence-corrected chi connectivity index (χ3v) is 6.69. The second-order valence-electron chi connectivity index (χ2n) is 8.82. The normalized spacial score (nSPS) is 23.0. The Hall–Kier alpha value is -3.42. The van der Waals surface area contributed by atoms with Crippen molar-refractivity contribution in [3.05, 3.63) is 59.0 Å². The largest absolute Gasteiger partial charge is 0.497 e. The van der Waals surface area contributed by atoms with Crippen LogP contribution in [-0.4, -0.2) is 50.5 Å². The smallest absolute Gasteiger partial charge is 0.275 e. The van der Waals surface area contributed by atoms with E-state index in [2.05, 4.69) is 15.4 Å². The number of hydrogen-bond donors (Lipinski definition) is 1. The van der Waals surface area contributed by atoms with E-state index in [-0.39, 0.29) is 17.9 Å². The second-order valence-corrected chi connectivity index (χ2v) is 8.82. The molecule has 2 fully saturated rings. The van der Waals surface area contributed by atoms with E-state index in [4.69, 9.17) is 4.74 Å². The first-order valence-corrected chi connectivity index (χ1v) is 11.0. The minimum Gasteiger partial charge on any atom is -0.497 e. The van der Waals surface area contributed by atoms with Gasteiger partial charge in [0.05, 0.1) is 18.7 Å². The van der Waals surface area contributed by atoms with Crippen LogP contribution < -0.4 is 10.1 Å². The summed E-state index contributed by atoms with van der Waals surface area (Å²) in [5.41, 5.74) is 3.35. The van der Waals surface area contributed by atoms with E-state index in [1.807, 2.05) is 49.1 Å². The number of hydrogen-bond acceptors (Lipinski definition) is 5. The quantitative estimate of drug-likeness (QED) is 0.686. The molecular formula is C24H27N5O3. The molecule has 1 spiro atoms. The maximum atomic E-state index is 13.8. The molecule has 0 aliphatic carbocycles. The summed E-state index contributed by atoms with van der Waals surface area (Å²) in [5.74, 6) is 0.652. The Kier molecular flexibility index (Phi) is 4.87. The van der Waals surface area contributed by atoms with Crippen LogP contribution >= 0.6 is 0 Å². The zero-order valence-corrected chi connectivity index (χ0v) is 18.6. The number of aromatic nitrogens is 3. The van der Waals surface area contributed by atoms with Crippen molar-refractivity contribution in [2.75, 3.05) is 13.7 Å². The monoisotopic (exact) mass is 433 g/mol. The van der Waals surface area contributed by atoms with E-state index < -0.39 is 5.54 Å². The highest BCUT2D eigenvalue weighted by Gasteiger charge is 2.51. The Labute approximate surface area is 186 Å². The first kappa shape index (κ1) is 20.5. The predicted molar refractivity (Wildman–Crippen MR) is 119 cm³/mol. The van der Waals surface area contributed by atoms with E-state index in [0.29, 0.717) is 30.7 Å². The number of nitrogens with zero attached hydrogens (tertiary/aromatic N) is 4. The minimum absolute atomic E-state index is 0.0424. The first-order chi connectivity index (χ1) is 15.4. The van der Waals surface area contributed by atoms with Crippen molar-refractivity contribution in [2.24, 2.45) is 0 Å². The number of amides is 2. The number of fused-ring (bicyclic) bond motifs is 1. The summed E-state index contributed by atoms with van der Waals surface area (Å²) in [6.07, 6.45) is 2.84.